The van der Waals surface area contributed by atoms with Gasteiger partial charge < -0.3 is 15.3 Å². The number of aliphatic hydroxyl groups excluding tert-OH is 1. The summed E-state index contributed by atoms with van der Waals surface area (Å²) in [6.45, 7) is 5.99. The molecule has 1 aliphatic rings. The number of likely N-dealkylation sites (N-methyl/N-ethyl adjacent to an activating group) is 1. The molecule has 3 heteroatoms. The molecule has 3 nitrogen and oxygen atoms in total. The van der Waals surface area contributed by atoms with Gasteiger partial charge in [-0.1, -0.05) is 13.8 Å². The molecule has 0 aromatic carbocycles. The minimum atomic E-state index is -0.0327. The molecule has 0 spiro atoms. The first-order valence-corrected chi connectivity index (χ1v) is 7.03. The molecular formula is C14H30N2O. The number of nitrogens with one attached hydrogen (secondary N) is 1. The Morgan fingerprint density at radius 1 is 1.47 bits per heavy atom. The lowest BCUT2D eigenvalue weighted by Gasteiger charge is -2.43. The van der Waals surface area contributed by atoms with Crippen LogP contribution in [-0.4, -0.2) is 48.8 Å². The average molecular weight is 242 g/mol. The minimum absolute atomic E-state index is 0.0327. The molecule has 102 valence electrons. The Hall–Kier alpha value is -0.120. The fraction of sp³-hybridized carbons (Fsp3) is 1.00. The maximum Gasteiger partial charge on any atom is 0.0613 e. The van der Waals surface area contributed by atoms with Crippen LogP contribution in [0.3, 0.4) is 0 Å². The fourth-order valence-corrected chi connectivity index (χ4v) is 2.80. The first kappa shape index (κ1) is 14.9. The van der Waals surface area contributed by atoms with Gasteiger partial charge in [0.25, 0.3) is 0 Å². The van der Waals surface area contributed by atoms with Crippen LogP contribution >= 0.6 is 0 Å². The van der Waals surface area contributed by atoms with Crippen molar-refractivity contribution in [2.75, 3.05) is 27.2 Å². The zero-order chi connectivity index (χ0) is 12.9. The van der Waals surface area contributed by atoms with Gasteiger partial charge in [0.1, 0.15) is 0 Å². The van der Waals surface area contributed by atoms with E-state index in [0.717, 1.165) is 18.8 Å². The van der Waals surface area contributed by atoms with E-state index in [4.69, 9.17) is 0 Å². The van der Waals surface area contributed by atoms with Crippen LogP contribution < -0.4 is 5.32 Å². The normalized spacial score (nSPS) is 30.2. The molecule has 0 saturated heterocycles. The number of rotatable bonds is 6. The number of hydrogen-bond acceptors (Lipinski definition) is 3. The van der Waals surface area contributed by atoms with Gasteiger partial charge in [0.2, 0.25) is 0 Å². The van der Waals surface area contributed by atoms with E-state index in [2.05, 4.69) is 31.1 Å². The van der Waals surface area contributed by atoms with Gasteiger partial charge in [-0.2, -0.15) is 0 Å². The van der Waals surface area contributed by atoms with Crippen LogP contribution in [0.1, 0.15) is 46.0 Å². The highest BCUT2D eigenvalue weighted by Crippen LogP contribution is 2.30. The number of aliphatic hydroxyl groups is 1. The molecule has 17 heavy (non-hydrogen) atoms. The van der Waals surface area contributed by atoms with Crippen LogP contribution in [0.2, 0.25) is 0 Å². The van der Waals surface area contributed by atoms with Crippen LogP contribution in [0.4, 0.5) is 0 Å². The highest BCUT2D eigenvalue weighted by atomic mass is 16.3. The summed E-state index contributed by atoms with van der Waals surface area (Å²) in [5.74, 6) is 0.771. The first-order chi connectivity index (χ1) is 8.03. The standard InChI is InChI=1S/C14H30N2O/c1-12(2)7-9-16(4)13-6-5-8-14(10-13,11-17)15-3/h12-13,15,17H,5-11H2,1-4H3. The topological polar surface area (TPSA) is 35.5 Å². The third-order valence-corrected chi connectivity index (χ3v) is 4.33. The SMILES string of the molecule is CNC1(CO)CCCC(N(C)CCC(C)C)C1. The largest absolute Gasteiger partial charge is 0.394 e. The summed E-state index contributed by atoms with van der Waals surface area (Å²) in [5, 5.41) is 12.9. The van der Waals surface area contributed by atoms with Crippen molar-refractivity contribution in [1.82, 2.24) is 10.2 Å². The molecule has 1 rings (SSSR count). The van der Waals surface area contributed by atoms with Gasteiger partial charge in [-0.05, 0) is 58.7 Å². The summed E-state index contributed by atoms with van der Waals surface area (Å²) in [5.41, 5.74) is -0.0327. The molecule has 0 aliphatic heterocycles. The van der Waals surface area contributed by atoms with Crippen molar-refractivity contribution >= 4 is 0 Å². The molecule has 1 aliphatic carbocycles. The van der Waals surface area contributed by atoms with E-state index in [9.17, 15) is 5.11 Å². The lowest BCUT2D eigenvalue weighted by Crippen LogP contribution is -2.54. The van der Waals surface area contributed by atoms with Gasteiger partial charge in [0, 0.05) is 11.6 Å². The van der Waals surface area contributed by atoms with Crippen molar-refractivity contribution in [3.05, 3.63) is 0 Å². The Bertz CT molecular complexity index is 214. The van der Waals surface area contributed by atoms with E-state index in [1.807, 2.05) is 7.05 Å². The molecule has 0 aromatic heterocycles. The predicted octanol–water partition coefficient (Wildman–Crippen LogP) is 1.86. The molecule has 0 heterocycles. The van der Waals surface area contributed by atoms with Crippen molar-refractivity contribution in [3.63, 3.8) is 0 Å². The van der Waals surface area contributed by atoms with Crippen molar-refractivity contribution in [3.8, 4) is 0 Å². The third-order valence-electron chi connectivity index (χ3n) is 4.33. The first-order valence-electron chi connectivity index (χ1n) is 7.03. The number of nitrogens with zero attached hydrogens (tertiary/aromatic N) is 1. The Morgan fingerprint density at radius 3 is 2.71 bits per heavy atom. The molecule has 0 amide bonds. The zero-order valence-electron chi connectivity index (χ0n) is 12.0. The van der Waals surface area contributed by atoms with E-state index in [-0.39, 0.29) is 12.1 Å². The Balaban J connectivity index is 2.48. The van der Waals surface area contributed by atoms with Gasteiger partial charge in [0.05, 0.1) is 6.61 Å². The van der Waals surface area contributed by atoms with E-state index in [1.165, 1.54) is 25.8 Å². The summed E-state index contributed by atoms with van der Waals surface area (Å²) in [6.07, 6.45) is 5.94. The van der Waals surface area contributed by atoms with Crippen molar-refractivity contribution in [2.45, 2.75) is 57.5 Å². The van der Waals surface area contributed by atoms with E-state index in [1.54, 1.807) is 0 Å². The van der Waals surface area contributed by atoms with Crippen molar-refractivity contribution < 1.29 is 5.11 Å². The maximum atomic E-state index is 9.58. The lowest BCUT2D eigenvalue weighted by molar-refractivity contribution is 0.0731. The Labute approximate surface area is 107 Å². The summed E-state index contributed by atoms with van der Waals surface area (Å²) < 4.78 is 0. The molecule has 1 fully saturated rings. The molecule has 0 bridgehead atoms. The zero-order valence-corrected chi connectivity index (χ0v) is 12.0. The Kier molecular flexibility index (Phi) is 5.90. The predicted molar refractivity (Wildman–Crippen MR) is 73.2 cm³/mol. The van der Waals surface area contributed by atoms with E-state index in [0.29, 0.717) is 6.04 Å². The molecule has 2 unspecified atom stereocenters. The van der Waals surface area contributed by atoms with E-state index < -0.39 is 0 Å². The molecule has 2 atom stereocenters. The van der Waals surface area contributed by atoms with Crippen LogP contribution in [-0.2, 0) is 0 Å². The van der Waals surface area contributed by atoms with Gasteiger partial charge in [-0.3, -0.25) is 0 Å². The third kappa shape index (κ3) is 4.23. The van der Waals surface area contributed by atoms with Crippen LogP contribution in [0.5, 0.6) is 0 Å². The molecular weight excluding hydrogens is 212 g/mol. The number of hydrogen-bond donors (Lipinski definition) is 2. The average Bonchev–Trinajstić information content (AvgIpc) is 2.35. The highest BCUT2D eigenvalue weighted by Gasteiger charge is 2.35. The summed E-state index contributed by atoms with van der Waals surface area (Å²) >= 11 is 0. The van der Waals surface area contributed by atoms with Gasteiger partial charge in [-0.25, -0.2) is 0 Å². The second-order valence-electron chi connectivity index (χ2n) is 6.10. The summed E-state index contributed by atoms with van der Waals surface area (Å²) in [7, 11) is 4.21. The molecule has 0 aromatic rings. The van der Waals surface area contributed by atoms with Crippen LogP contribution in [0.25, 0.3) is 0 Å². The monoisotopic (exact) mass is 242 g/mol. The van der Waals surface area contributed by atoms with Gasteiger partial charge in [-0.15, -0.1) is 0 Å². The maximum absolute atomic E-state index is 9.58. The fourth-order valence-electron chi connectivity index (χ4n) is 2.80. The smallest absolute Gasteiger partial charge is 0.0613 e. The van der Waals surface area contributed by atoms with Gasteiger partial charge >= 0.3 is 0 Å². The summed E-state index contributed by atoms with van der Waals surface area (Å²) in [4.78, 5) is 2.49. The Morgan fingerprint density at radius 2 is 2.18 bits per heavy atom. The molecule has 2 N–H and O–H groups in total. The van der Waals surface area contributed by atoms with Crippen molar-refractivity contribution in [2.24, 2.45) is 5.92 Å². The van der Waals surface area contributed by atoms with E-state index >= 15 is 0 Å². The highest BCUT2D eigenvalue weighted by molar-refractivity contribution is 4.95. The van der Waals surface area contributed by atoms with Crippen LogP contribution in [0, 0.1) is 5.92 Å². The summed E-state index contributed by atoms with van der Waals surface area (Å²) in [6, 6.07) is 0.627. The van der Waals surface area contributed by atoms with Crippen LogP contribution in [0.15, 0.2) is 0 Å². The second kappa shape index (κ2) is 6.72. The minimum Gasteiger partial charge on any atom is -0.394 e. The molecule has 0 radical (unpaired) electrons. The second-order valence-corrected chi connectivity index (χ2v) is 6.10. The molecule has 1 saturated carbocycles. The van der Waals surface area contributed by atoms with Crippen molar-refractivity contribution in [1.29, 1.82) is 0 Å². The lowest BCUT2D eigenvalue weighted by atomic mass is 9.79. The quantitative estimate of drug-likeness (QED) is 0.746. The van der Waals surface area contributed by atoms with Gasteiger partial charge in [0.15, 0.2) is 0 Å².